The van der Waals surface area contributed by atoms with Gasteiger partial charge in [-0.3, -0.25) is 0 Å². The van der Waals surface area contributed by atoms with Crippen LogP contribution in [0, 0.1) is 0 Å². The highest BCUT2D eigenvalue weighted by atomic mass is 16.6. The van der Waals surface area contributed by atoms with Crippen LogP contribution in [0.15, 0.2) is 11.1 Å². The molecule has 1 atom stereocenters. The number of ether oxygens (including phenoxy) is 2. The van der Waals surface area contributed by atoms with Crippen molar-refractivity contribution in [3.05, 3.63) is 11.1 Å². The average Bonchev–Trinajstić information content (AvgIpc) is 2.66. The van der Waals surface area contributed by atoms with E-state index in [1.807, 2.05) is 0 Å². The van der Waals surface area contributed by atoms with Gasteiger partial charge >= 0.3 is 0 Å². The topological polar surface area (TPSA) is 30.5 Å². The SMILES string of the molecule is C1CNCCC(=C2CCOC3(CCOC3)C2)C1. The summed E-state index contributed by atoms with van der Waals surface area (Å²) in [4.78, 5) is 0. The van der Waals surface area contributed by atoms with Gasteiger partial charge in [0.05, 0.1) is 18.8 Å². The molecule has 0 aromatic heterocycles. The molecule has 0 bridgehead atoms. The molecule has 3 aliphatic heterocycles. The molecule has 3 aliphatic rings. The molecule has 3 fully saturated rings. The van der Waals surface area contributed by atoms with Gasteiger partial charge in [-0.15, -0.1) is 0 Å². The minimum Gasteiger partial charge on any atom is -0.378 e. The van der Waals surface area contributed by atoms with Gasteiger partial charge in [-0.1, -0.05) is 11.1 Å². The monoisotopic (exact) mass is 237 g/mol. The van der Waals surface area contributed by atoms with Crippen molar-refractivity contribution < 1.29 is 9.47 Å². The molecule has 3 heterocycles. The fraction of sp³-hybridized carbons (Fsp3) is 0.857. The molecule has 0 saturated carbocycles. The highest BCUT2D eigenvalue weighted by molar-refractivity contribution is 5.20. The van der Waals surface area contributed by atoms with Crippen molar-refractivity contribution in [3.8, 4) is 0 Å². The number of rotatable bonds is 0. The van der Waals surface area contributed by atoms with Crippen molar-refractivity contribution in [2.75, 3.05) is 32.9 Å². The molecule has 0 aliphatic carbocycles. The van der Waals surface area contributed by atoms with Crippen LogP contribution < -0.4 is 5.32 Å². The molecule has 0 radical (unpaired) electrons. The van der Waals surface area contributed by atoms with Gasteiger partial charge in [0, 0.05) is 19.4 Å². The standard InChI is InChI=1S/C14H23NO2/c1-2-12(3-7-15-6-1)13-4-8-17-14(10-13)5-9-16-11-14/h15H,1-11H2. The molecule has 17 heavy (non-hydrogen) atoms. The van der Waals surface area contributed by atoms with E-state index in [1.165, 1.54) is 25.8 Å². The van der Waals surface area contributed by atoms with Gasteiger partial charge in [0.2, 0.25) is 0 Å². The zero-order chi connectivity index (χ0) is 11.6. The molecule has 0 aromatic rings. The summed E-state index contributed by atoms with van der Waals surface area (Å²) < 4.78 is 11.5. The summed E-state index contributed by atoms with van der Waals surface area (Å²) in [7, 11) is 0. The van der Waals surface area contributed by atoms with Crippen LogP contribution >= 0.6 is 0 Å². The molecule has 1 spiro atoms. The molecule has 96 valence electrons. The van der Waals surface area contributed by atoms with Crippen molar-refractivity contribution in [2.24, 2.45) is 0 Å². The Balaban J connectivity index is 1.75. The van der Waals surface area contributed by atoms with Crippen molar-refractivity contribution in [2.45, 2.75) is 44.1 Å². The van der Waals surface area contributed by atoms with Crippen LogP contribution in [0.5, 0.6) is 0 Å². The van der Waals surface area contributed by atoms with E-state index in [-0.39, 0.29) is 5.60 Å². The van der Waals surface area contributed by atoms with Gasteiger partial charge in [-0.05, 0) is 38.8 Å². The fourth-order valence-corrected chi connectivity index (χ4v) is 3.33. The molecule has 3 heteroatoms. The first-order valence-corrected chi connectivity index (χ1v) is 7.00. The molecule has 3 saturated heterocycles. The van der Waals surface area contributed by atoms with Gasteiger partial charge < -0.3 is 14.8 Å². The Kier molecular flexibility index (Phi) is 3.50. The summed E-state index contributed by atoms with van der Waals surface area (Å²) in [6.45, 7) is 4.92. The lowest BCUT2D eigenvalue weighted by Crippen LogP contribution is -2.38. The molecule has 0 aromatic carbocycles. The second-order valence-electron chi connectivity index (χ2n) is 5.57. The minimum absolute atomic E-state index is 0.0420. The van der Waals surface area contributed by atoms with Crippen molar-refractivity contribution >= 4 is 0 Å². The van der Waals surface area contributed by atoms with E-state index in [2.05, 4.69) is 5.32 Å². The lowest BCUT2D eigenvalue weighted by molar-refractivity contribution is -0.0638. The predicted molar refractivity (Wildman–Crippen MR) is 67.1 cm³/mol. The first-order chi connectivity index (χ1) is 8.38. The normalized spacial score (nSPS) is 39.5. The van der Waals surface area contributed by atoms with Crippen molar-refractivity contribution in [3.63, 3.8) is 0 Å². The second-order valence-corrected chi connectivity index (χ2v) is 5.57. The Bertz CT molecular complexity index is 295. The number of hydrogen-bond donors (Lipinski definition) is 1. The van der Waals surface area contributed by atoms with E-state index in [0.717, 1.165) is 45.6 Å². The largest absolute Gasteiger partial charge is 0.378 e. The summed E-state index contributed by atoms with van der Waals surface area (Å²) in [5, 5.41) is 3.49. The van der Waals surface area contributed by atoms with Gasteiger partial charge in [0.25, 0.3) is 0 Å². The first-order valence-electron chi connectivity index (χ1n) is 7.00. The second kappa shape index (κ2) is 5.09. The third-order valence-electron chi connectivity index (χ3n) is 4.35. The lowest BCUT2D eigenvalue weighted by Gasteiger charge is -2.35. The molecule has 1 unspecified atom stereocenters. The van der Waals surface area contributed by atoms with Crippen molar-refractivity contribution in [1.29, 1.82) is 0 Å². The van der Waals surface area contributed by atoms with Gasteiger partial charge in [0.1, 0.15) is 0 Å². The van der Waals surface area contributed by atoms with Crippen LogP contribution in [0.2, 0.25) is 0 Å². The van der Waals surface area contributed by atoms with E-state index < -0.39 is 0 Å². The average molecular weight is 237 g/mol. The molecule has 1 N–H and O–H groups in total. The highest BCUT2D eigenvalue weighted by Crippen LogP contribution is 2.38. The maximum atomic E-state index is 6.00. The van der Waals surface area contributed by atoms with E-state index in [1.54, 1.807) is 11.1 Å². The molecular formula is C14H23NO2. The summed E-state index contributed by atoms with van der Waals surface area (Å²) in [5.74, 6) is 0. The third kappa shape index (κ3) is 2.56. The molecule has 3 rings (SSSR count). The summed E-state index contributed by atoms with van der Waals surface area (Å²) in [6, 6.07) is 0. The van der Waals surface area contributed by atoms with E-state index in [0.29, 0.717) is 0 Å². The highest BCUT2D eigenvalue weighted by Gasteiger charge is 2.39. The lowest BCUT2D eigenvalue weighted by atomic mass is 9.85. The summed E-state index contributed by atoms with van der Waals surface area (Å²) >= 11 is 0. The molecular weight excluding hydrogens is 214 g/mol. The van der Waals surface area contributed by atoms with E-state index in [9.17, 15) is 0 Å². The predicted octanol–water partition coefficient (Wildman–Crippen LogP) is 2.03. The summed E-state index contributed by atoms with van der Waals surface area (Å²) in [6.07, 6.45) is 7.19. The van der Waals surface area contributed by atoms with Crippen LogP contribution in [0.4, 0.5) is 0 Å². The smallest absolute Gasteiger partial charge is 0.0973 e. The van der Waals surface area contributed by atoms with Crippen LogP contribution in [-0.2, 0) is 9.47 Å². The van der Waals surface area contributed by atoms with Gasteiger partial charge in [0.15, 0.2) is 0 Å². The number of hydrogen-bond acceptors (Lipinski definition) is 3. The zero-order valence-electron chi connectivity index (χ0n) is 10.6. The van der Waals surface area contributed by atoms with Crippen LogP contribution in [-0.4, -0.2) is 38.5 Å². The van der Waals surface area contributed by atoms with E-state index >= 15 is 0 Å². The first kappa shape index (κ1) is 11.7. The Morgan fingerprint density at radius 1 is 1.00 bits per heavy atom. The van der Waals surface area contributed by atoms with Crippen LogP contribution in [0.3, 0.4) is 0 Å². The van der Waals surface area contributed by atoms with Crippen LogP contribution in [0.1, 0.15) is 38.5 Å². The zero-order valence-corrected chi connectivity index (χ0v) is 10.6. The quantitative estimate of drug-likeness (QED) is 0.654. The Morgan fingerprint density at radius 3 is 2.88 bits per heavy atom. The van der Waals surface area contributed by atoms with E-state index in [4.69, 9.17) is 9.47 Å². The maximum Gasteiger partial charge on any atom is 0.0973 e. The Hall–Kier alpha value is -0.380. The van der Waals surface area contributed by atoms with Crippen LogP contribution in [0.25, 0.3) is 0 Å². The Morgan fingerprint density at radius 2 is 2.00 bits per heavy atom. The fourth-order valence-electron chi connectivity index (χ4n) is 3.33. The summed E-state index contributed by atoms with van der Waals surface area (Å²) in [5.41, 5.74) is 3.44. The molecule has 3 nitrogen and oxygen atoms in total. The molecule has 0 amide bonds. The van der Waals surface area contributed by atoms with Crippen molar-refractivity contribution in [1.82, 2.24) is 5.32 Å². The van der Waals surface area contributed by atoms with Gasteiger partial charge in [-0.2, -0.15) is 0 Å². The van der Waals surface area contributed by atoms with Gasteiger partial charge in [-0.25, -0.2) is 0 Å². The third-order valence-corrected chi connectivity index (χ3v) is 4.35. The minimum atomic E-state index is 0.0420. The maximum absolute atomic E-state index is 6.00. The Labute approximate surface area is 104 Å². The number of nitrogens with one attached hydrogen (secondary N) is 1.